The zero-order chi connectivity index (χ0) is 25.2. The van der Waals surface area contributed by atoms with Gasteiger partial charge in [0.1, 0.15) is 12.4 Å². The summed E-state index contributed by atoms with van der Waals surface area (Å²) in [6.45, 7) is 2.50. The third-order valence-corrected chi connectivity index (χ3v) is 7.50. The van der Waals surface area contributed by atoms with E-state index in [1.807, 2.05) is 61.5 Å². The highest BCUT2D eigenvalue weighted by Crippen LogP contribution is 2.51. The van der Waals surface area contributed by atoms with E-state index in [-0.39, 0.29) is 17.9 Å². The zero-order valence-electron chi connectivity index (χ0n) is 20.9. The number of benzene rings is 4. The van der Waals surface area contributed by atoms with Gasteiger partial charge in [-0.1, -0.05) is 78.9 Å². The largest absolute Gasteiger partial charge is 0.489 e. The number of aryl methyl sites for hydroxylation is 1. The number of carbonyl (C=O) groups is 1. The summed E-state index contributed by atoms with van der Waals surface area (Å²) >= 11 is 0. The molecule has 4 aromatic rings. The summed E-state index contributed by atoms with van der Waals surface area (Å²) in [6, 6.07) is 32.6. The molecule has 0 spiro atoms. The smallest absolute Gasteiger partial charge is 0.255 e. The monoisotopic (exact) mass is 486 g/mol. The van der Waals surface area contributed by atoms with Gasteiger partial charge in [-0.25, -0.2) is 0 Å². The number of hydrogen-bond acceptors (Lipinski definition) is 3. The second-order valence-electron chi connectivity index (χ2n) is 9.86. The van der Waals surface area contributed by atoms with Crippen LogP contribution in [0.1, 0.15) is 51.0 Å². The van der Waals surface area contributed by atoms with Gasteiger partial charge in [0.2, 0.25) is 0 Å². The van der Waals surface area contributed by atoms with Gasteiger partial charge in [0, 0.05) is 28.4 Å². The second-order valence-corrected chi connectivity index (χ2v) is 9.86. The number of anilines is 2. The van der Waals surface area contributed by atoms with E-state index in [0.717, 1.165) is 34.7 Å². The van der Waals surface area contributed by atoms with Gasteiger partial charge >= 0.3 is 0 Å². The minimum Gasteiger partial charge on any atom is -0.489 e. The molecule has 4 aromatic carbocycles. The summed E-state index contributed by atoms with van der Waals surface area (Å²) in [5.74, 6) is 1.48. The first kappa shape index (κ1) is 23.1. The molecule has 3 unspecified atom stereocenters. The van der Waals surface area contributed by atoms with Gasteiger partial charge < -0.3 is 15.4 Å². The Bertz CT molecular complexity index is 1460. The van der Waals surface area contributed by atoms with Crippen LogP contribution in [0.3, 0.4) is 0 Å². The van der Waals surface area contributed by atoms with Crippen LogP contribution in [0.4, 0.5) is 11.4 Å². The fraction of sp³-hybridized carbons (Fsp3) is 0.182. The summed E-state index contributed by atoms with van der Waals surface area (Å²) in [4.78, 5) is 12.9. The van der Waals surface area contributed by atoms with Crippen molar-refractivity contribution in [3.8, 4) is 5.75 Å². The fourth-order valence-corrected chi connectivity index (χ4v) is 5.61. The molecule has 3 atom stereocenters. The van der Waals surface area contributed by atoms with Crippen molar-refractivity contribution in [3.63, 3.8) is 0 Å². The van der Waals surface area contributed by atoms with Crippen molar-refractivity contribution in [1.29, 1.82) is 0 Å². The van der Waals surface area contributed by atoms with Gasteiger partial charge in [-0.2, -0.15) is 0 Å². The van der Waals surface area contributed by atoms with Crippen molar-refractivity contribution in [2.24, 2.45) is 5.92 Å². The second kappa shape index (κ2) is 9.98. The summed E-state index contributed by atoms with van der Waals surface area (Å²) in [7, 11) is 0. The molecular weight excluding hydrogens is 456 g/mol. The molecule has 1 heterocycles. The van der Waals surface area contributed by atoms with Crippen molar-refractivity contribution in [2.45, 2.75) is 31.9 Å². The first-order chi connectivity index (χ1) is 18.2. The molecule has 1 aliphatic carbocycles. The predicted octanol–water partition coefficient (Wildman–Crippen LogP) is 7.65. The van der Waals surface area contributed by atoms with Crippen molar-refractivity contribution < 1.29 is 9.53 Å². The molecule has 0 radical (unpaired) electrons. The van der Waals surface area contributed by atoms with Crippen LogP contribution in [0.2, 0.25) is 0 Å². The number of amides is 1. The highest BCUT2D eigenvalue weighted by atomic mass is 16.5. The number of fused-ring (bicyclic) bond motifs is 3. The predicted molar refractivity (Wildman–Crippen MR) is 149 cm³/mol. The Morgan fingerprint density at radius 2 is 1.70 bits per heavy atom. The molecule has 0 fully saturated rings. The molecule has 0 aromatic heterocycles. The Balaban J connectivity index is 1.26. The Morgan fingerprint density at radius 1 is 0.919 bits per heavy atom. The topological polar surface area (TPSA) is 50.4 Å². The summed E-state index contributed by atoms with van der Waals surface area (Å²) in [5.41, 5.74) is 7.14. The van der Waals surface area contributed by atoms with Crippen molar-refractivity contribution in [3.05, 3.63) is 137 Å². The molecule has 1 aliphatic heterocycles. The molecule has 0 saturated carbocycles. The Kier molecular flexibility index (Phi) is 6.23. The van der Waals surface area contributed by atoms with E-state index in [4.69, 9.17) is 4.74 Å². The Morgan fingerprint density at radius 3 is 2.57 bits per heavy atom. The number of rotatable bonds is 6. The number of ether oxygens (including phenoxy) is 1. The van der Waals surface area contributed by atoms with Crippen LogP contribution in [-0.2, 0) is 6.61 Å². The van der Waals surface area contributed by atoms with E-state index >= 15 is 0 Å². The summed E-state index contributed by atoms with van der Waals surface area (Å²) in [5, 5.41) is 6.91. The molecule has 184 valence electrons. The fourth-order valence-electron chi connectivity index (χ4n) is 5.61. The van der Waals surface area contributed by atoms with Crippen molar-refractivity contribution in [2.75, 3.05) is 10.6 Å². The van der Waals surface area contributed by atoms with Crippen LogP contribution in [0.5, 0.6) is 5.75 Å². The maximum Gasteiger partial charge on any atom is 0.255 e. The van der Waals surface area contributed by atoms with E-state index in [1.54, 1.807) is 0 Å². The average molecular weight is 487 g/mol. The third kappa shape index (κ3) is 4.63. The number of allylic oxidation sites excluding steroid dienone is 2. The van der Waals surface area contributed by atoms with Crippen LogP contribution in [0.15, 0.2) is 109 Å². The van der Waals surface area contributed by atoms with E-state index in [0.29, 0.717) is 18.1 Å². The molecule has 0 bridgehead atoms. The number of hydrogen-bond donors (Lipinski definition) is 2. The van der Waals surface area contributed by atoms with Gasteiger partial charge in [0.25, 0.3) is 5.91 Å². The maximum atomic E-state index is 12.9. The first-order valence-corrected chi connectivity index (χ1v) is 12.9. The molecular formula is C33H30N2O2. The first-order valence-electron chi connectivity index (χ1n) is 12.9. The molecule has 6 rings (SSSR count). The van der Waals surface area contributed by atoms with Gasteiger partial charge in [-0.3, -0.25) is 4.79 Å². The minimum atomic E-state index is -0.0808. The van der Waals surface area contributed by atoms with Crippen LogP contribution in [-0.4, -0.2) is 5.91 Å². The summed E-state index contributed by atoms with van der Waals surface area (Å²) < 4.78 is 6.32. The standard InChI is InChI=1S/C33H30N2O2/c1-22-10-5-6-13-25(22)33(36)34-24-18-19-30-29(20-24)26-15-9-16-27(26)32(35-30)28-14-7-8-17-31(28)37-21-23-11-3-2-4-12-23/h2-15,17-20,26-27,32,35H,16,21H2,1H3,(H,34,36). The third-order valence-electron chi connectivity index (χ3n) is 7.50. The highest BCUT2D eigenvalue weighted by Gasteiger charge is 2.39. The lowest BCUT2D eigenvalue weighted by atomic mass is 9.76. The van der Waals surface area contributed by atoms with E-state index < -0.39 is 0 Å². The Labute approximate surface area is 218 Å². The van der Waals surface area contributed by atoms with Crippen molar-refractivity contribution in [1.82, 2.24) is 0 Å². The molecule has 2 N–H and O–H groups in total. The van der Waals surface area contributed by atoms with Gasteiger partial charge in [-0.05, 0) is 66.3 Å². The SMILES string of the molecule is Cc1ccccc1C(=O)Nc1ccc2c(c1)C1C=CCC1C(c1ccccc1OCc1ccccc1)N2. The van der Waals surface area contributed by atoms with Crippen LogP contribution >= 0.6 is 0 Å². The molecule has 0 saturated heterocycles. The molecule has 1 amide bonds. The van der Waals surface area contributed by atoms with E-state index in [2.05, 4.69) is 65.3 Å². The lowest BCUT2D eigenvalue weighted by Gasteiger charge is -2.38. The van der Waals surface area contributed by atoms with Gasteiger partial charge in [-0.15, -0.1) is 0 Å². The van der Waals surface area contributed by atoms with Gasteiger partial charge in [0.15, 0.2) is 0 Å². The van der Waals surface area contributed by atoms with Crippen LogP contribution < -0.4 is 15.4 Å². The lowest BCUT2D eigenvalue weighted by Crippen LogP contribution is -2.29. The van der Waals surface area contributed by atoms with Crippen LogP contribution in [0, 0.1) is 12.8 Å². The number of carbonyl (C=O) groups excluding carboxylic acids is 1. The van der Waals surface area contributed by atoms with Crippen LogP contribution in [0.25, 0.3) is 0 Å². The number of nitrogens with one attached hydrogen (secondary N) is 2. The van der Waals surface area contributed by atoms with Crippen molar-refractivity contribution >= 4 is 17.3 Å². The maximum absolute atomic E-state index is 12.9. The quantitative estimate of drug-likeness (QED) is 0.275. The van der Waals surface area contributed by atoms with Gasteiger partial charge in [0.05, 0.1) is 6.04 Å². The molecule has 4 heteroatoms. The van der Waals surface area contributed by atoms with E-state index in [9.17, 15) is 4.79 Å². The normalized spacial score (nSPS) is 19.4. The summed E-state index contributed by atoms with van der Waals surface area (Å²) in [6.07, 6.45) is 5.59. The minimum absolute atomic E-state index is 0.0808. The molecule has 37 heavy (non-hydrogen) atoms. The number of para-hydroxylation sites is 1. The highest BCUT2D eigenvalue weighted by molar-refractivity contribution is 6.05. The lowest BCUT2D eigenvalue weighted by molar-refractivity contribution is 0.102. The Hall–Kier alpha value is -4.31. The zero-order valence-corrected chi connectivity index (χ0v) is 20.9. The molecule has 4 nitrogen and oxygen atoms in total. The average Bonchev–Trinajstić information content (AvgIpc) is 3.43. The molecule has 2 aliphatic rings. The van der Waals surface area contributed by atoms with E-state index in [1.165, 1.54) is 11.1 Å².